The molecule has 0 aliphatic heterocycles. The van der Waals surface area contributed by atoms with E-state index in [4.69, 9.17) is 10.2 Å². The van der Waals surface area contributed by atoms with E-state index in [0.29, 0.717) is 17.1 Å². The zero-order valence-corrected chi connectivity index (χ0v) is 9.52. The molecule has 4 nitrogen and oxygen atoms in total. The summed E-state index contributed by atoms with van der Waals surface area (Å²) in [4.78, 5) is 0.362. The van der Waals surface area contributed by atoms with Gasteiger partial charge in [0.05, 0.1) is 6.04 Å². The first kappa shape index (κ1) is 10.3. The molecule has 0 fully saturated rings. The van der Waals surface area contributed by atoms with Gasteiger partial charge in [0.2, 0.25) is 5.89 Å². The summed E-state index contributed by atoms with van der Waals surface area (Å²) in [5.41, 5.74) is 7.08. The van der Waals surface area contributed by atoms with Crippen LogP contribution in [-0.4, -0.2) is 10.2 Å². The molecule has 1 aromatic carbocycles. The van der Waals surface area contributed by atoms with Gasteiger partial charge in [0, 0.05) is 15.9 Å². The van der Waals surface area contributed by atoms with E-state index < -0.39 is 0 Å². The van der Waals surface area contributed by atoms with Gasteiger partial charge in [-0.3, -0.25) is 0 Å². The third-order valence-corrected chi connectivity index (χ3v) is 2.35. The van der Waals surface area contributed by atoms with E-state index in [1.54, 1.807) is 0 Å². The van der Waals surface area contributed by atoms with E-state index in [9.17, 15) is 0 Å². The first-order valence-corrected chi connectivity index (χ1v) is 5.33. The van der Waals surface area contributed by atoms with Crippen LogP contribution in [0.3, 0.4) is 0 Å². The second kappa shape index (κ2) is 4.55. The van der Waals surface area contributed by atoms with E-state index in [1.165, 1.54) is 0 Å². The van der Waals surface area contributed by atoms with Gasteiger partial charge in [-0.2, -0.15) is 0 Å². The SMILES string of the molecule is N[C@@H](Cc1ccccc1)c1nnc(Br)o1. The predicted molar refractivity (Wildman–Crippen MR) is 59.1 cm³/mol. The molecule has 0 aliphatic rings. The molecule has 78 valence electrons. The Morgan fingerprint density at radius 3 is 2.60 bits per heavy atom. The van der Waals surface area contributed by atoms with Gasteiger partial charge in [-0.15, -0.1) is 10.2 Å². The molecular formula is C10H10BrN3O. The average Bonchev–Trinajstić information content (AvgIpc) is 2.66. The highest BCUT2D eigenvalue weighted by Crippen LogP contribution is 2.16. The average molecular weight is 268 g/mol. The van der Waals surface area contributed by atoms with Gasteiger partial charge in [-0.05, 0) is 12.0 Å². The molecule has 15 heavy (non-hydrogen) atoms. The summed E-state index contributed by atoms with van der Waals surface area (Å²) in [6.45, 7) is 0. The van der Waals surface area contributed by atoms with Crippen molar-refractivity contribution in [2.45, 2.75) is 12.5 Å². The fraction of sp³-hybridized carbons (Fsp3) is 0.200. The number of hydrogen-bond acceptors (Lipinski definition) is 4. The first-order chi connectivity index (χ1) is 7.25. The Morgan fingerprint density at radius 2 is 2.00 bits per heavy atom. The smallest absolute Gasteiger partial charge is 0.284 e. The van der Waals surface area contributed by atoms with E-state index in [0.717, 1.165) is 5.56 Å². The van der Waals surface area contributed by atoms with Crippen molar-refractivity contribution in [1.29, 1.82) is 0 Å². The molecule has 0 spiro atoms. The molecule has 0 saturated heterocycles. The molecule has 0 unspecified atom stereocenters. The predicted octanol–water partition coefficient (Wildman–Crippen LogP) is 2.07. The van der Waals surface area contributed by atoms with Gasteiger partial charge < -0.3 is 10.2 Å². The molecule has 1 heterocycles. The summed E-state index contributed by atoms with van der Waals surface area (Å²) >= 11 is 3.09. The molecule has 1 aromatic heterocycles. The van der Waals surface area contributed by atoms with Crippen molar-refractivity contribution in [3.8, 4) is 0 Å². The molecule has 2 rings (SSSR count). The number of halogens is 1. The Labute approximate surface area is 95.6 Å². The molecule has 2 N–H and O–H groups in total. The molecule has 1 atom stereocenters. The largest absolute Gasteiger partial charge is 0.414 e. The van der Waals surface area contributed by atoms with Gasteiger partial charge in [0.15, 0.2) is 0 Å². The van der Waals surface area contributed by atoms with Crippen LogP contribution in [0.4, 0.5) is 0 Å². The maximum absolute atomic E-state index is 5.92. The van der Waals surface area contributed by atoms with Crippen LogP contribution in [0.2, 0.25) is 0 Å². The van der Waals surface area contributed by atoms with Crippen LogP contribution in [0.25, 0.3) is 0 Å². The minimum absolute atomic E-state index is 0.258. The van der Waals surface area contributed by atoms with Crippen molar-refractivity contribution in [3.05, 3.63) is 46.6 Å². The number of benzene rings is 1. The second-order valence-electron chi connectivity index (χ2n) is 3.19. The monoisotopic (exact) mass is 267 g/mol. The second-order valence-corrected chi connectivity index (χ2v) is 3.87. The molecule has 0 amide bonds. The maximum Gasteiger partial charge on any atom is 0.284 e. The Balaban J connectivity index is 2.07. The molecule has 0 radical (unpaired) electrons. The number of hydrogen-bond donors (Lipinski definition) is 1. The van der Waals surface area contributed by atoms with Crippen LogP contribution in [0.15, 0.2) is 39.5 Å². The topological polar surface area (TPSA) is 64.9 Å². The third kappa shape index (κ3) is 2.64. The highest BCUT2D eigenvalue weighted by molar-refractivity contribution is 9.10. The highest BCUT2D eigenvalue weighted by atomic mass is 79.9. The molecule has 5 heteroatoms. The van der Waals surface area contributed by atoms with Gasteiger partial charge in [-0.25, -0.2) is 0 Å². The lowest BCUT2D eigenvalue weighted by atomic mass is 10.1. The van der Waals surface area contributed by atoms with Gasteiger partial charge in [-0.1, -0.05) is 30.3 Å². The van der Waals surface area contributed by atoms with E-state index >= 15 is 0 Å². The fourth-order valence-corrected chi connectivity index (χ4v) is 1.57. The lowest BCUT2D eigenvalue weighted by molar-refractivity contribution is 0.432. The zero-order valence-electron chi connectivity index (χ0n) is 7.93. The van der Waals surface area contributed by atoms with Crippen LogP contribution < -0.4 is 5.73 Å². The third-order valence-electron chi connectivity index (χ3n) is 2.03. The van der Waals surface area contributed by atoms with Gasteiger partial charge in [0.1, 0.15) is 0 Å². The number of nitrogens with two attached hydrogens (primary N) is 1. The fourth-order valence-electron chi connectivity index (χ4n) is 1.32. The van der Waals surface area contributed by atoms with Gasteiger partial charge >= 0.3 is 0 Å². The van der Waals surface area contributed by atoms with Crippen LogP contribution in [-0.2, 0) is 6.42 Å². The van der Waals surface area contributed by atoms with Crippen molar-refractivity contribution in [3.63, 3.8) is 0 Å². The van der Waals surface area contributed by atoms with E-state index in [2.05, 4.69) is 26.1 Å². The van der Waals surface area contributed by atoms with Crippen LogP contribution in [0, 0.1) is 0 Å². The molecular weight excluding hydrogens is 258 g/mol. The molecule has 0 aliphatic carbocycles. The Kier molecular flexibility index (Phi) is 3.13. The van der Waals surface area contributed by atoms with Crippen molar-refractivity contribution < 1.29 is 4.42 Å². The standard InChI is InChI=1S/C10H10BrN3O/c11-10-14-13-9(15-10)8(12)6-7-4-2-1-3-5-7/h1-5,8H,6,12H2/t8-/m0/s1. The number of nitrogens with zero attached hydrogens (tertiary/aromatic N) is 2. The Bertz CT molecular complexity index is 429. The molecule has 2 aromatic rings. The van der Waals surface area contributed by atoms with Crippen molar-refractivity contribution in [2.75, 3.05) is 0 Å². The van der Waals surface area contributed by atoms with Crippen molar-refractivity contribution >= 4 is 15.9 Å². The lowest BCUT2D eigenvalue weighted by Crippen LogP contribution is -2.13. The maximum atomic E-state index is 5.92. The molecule has 0 saturated carbocycles. The van der Waals surface area contributed by atoms with Gasteiger partial charge in [0.25, 0.3) is 4.80 Å². The Morgan fingerprint density at radius 1 is 1.27 bits per heavy atom. The lowest BCUT2D eigenvalue weighted by Gasteiger charge is -2.06. The summed E-state index contributed by atoms with van der Waals surface area (Å²) < 4.78 is 5.19. The highest BCUT2D eigenvalue weighted by Gasteiger charge is 2.13. The van der Waals surface area contributed by atoms with Crippen LogP contribution in [0.1, 0.15) is 17.5 Å². The summed E-state index contributed by atoms with van der Waals surface area (Å²) in [5.74, 6) is 0.450. The quantitative estimate of drug-likeness (QED) is 0.925. The summed E-state index contributed by atoms with van der Waals surface area (Å²) in [6.07, 6.45) is 0.690. The van der Waals surface area contributed by atoms with Crippen molar-refractivity contribution in [2.24, 2.45) is 5.73 Å². The van der Waals surface area contributed by atoms with E-state index in [-0.39, 0.29) is 6.04 Å². The zero-order chi connectivity index (χ0) is 10.7. The minimum Gasteiger partial charge on any atom is -0.414 e. The van der Waals surface area contributed by atoms with Crippen LogP contribution in [0.5, 0.6) is 0 Å². The molecule has 0 bridgehead atoms. The summed E-state index contributed by atoms with van der Waals surface area (Å²) in [7, 11) is 0. The number of aromatic nitrogens is 2. The van der Waals surface area contributed by atoms with E-state index in [1.807, 2.05) is 30.3 Å². The number of rotatable bonds is 3. The minimum atomic E-state index is -0.258. The Hall–Kier alpha value is -1.20. The summed E-state index contributed by atoms with van der Waals surface area (Å²) in [6, 6.07) is 9.71. The van der Waals surface area contributed by atoms with Crippen molar-refractivity contribution in [1.82, 2.24) is 10.2 Å². The first-order valence-electron chi connectivity index (χ1n) is 4.54. The summed E-state index contributed by atoms with van der Waals surface area (Å²) in [5, 5.41) is 7.52. The van der Waals surface area contributed by atoms with Crippen LogP contribution >= 0.6 is 15.9 Å². The normalized spacial score (nSPS) is 12.7.